The van der Waals surface area contributed by atoms with E-state index in [9.17, 15) is 13.2 Å². The molecule has 0 heterocycles. The molecule has 152 valence electrons. The number of benzene rings is 1. The molecule has 0 aromatic heterocycles. The third-order valence-corrected chi connectivity index (χ3v) is 4.38. The van der Waals surface area contributed by atoms with Gasteiger partial charge in [-0.25, -0.2) is 0 Å². The van der Waals surface area contributed by atoms with Gasteiger partial charge in [0.15, 0.2) is 0 Å². The van der Waals surface area contributed by atoms with Gasteiger partial charge in [-0.05, 0) is 58.1 Å². The fraction of sp³-hybridized carbons (Fsp3) is 0.476. The van der Waals surface area contributed by atoms with Gasteiger partial charge in [0.1, 0.15) is 18.8 Å². The Kier molecular flexibility index (Phi) is 9.75. The molecule has 1 aromatic carbocycles. The lowest BCUT2D eigenvalue weighted by molar-refractivity contribution is -0.155. The number of carbonyl (C=O) groups is 1. The van der Waals surface area contributed by atoms with Crippen LogP contribution < -0.4 is 0 Å². The maximum Gasteiger partial charge on any atom is 0.306 e. The van der Waals surface area contributed by atoms with Crippen molar-refractivity contribution in [1.29, 1.82) is 0 Å². The summed E-state index contributed by atoms with van der Waals surface area (Å²) in [6.45, 7) is 7.61. The summed E-state index contributed by atoms with van der Waals surface area (Å²) in [5.74, 6) is 9.99. The van der Waals surface area contributed by atoms with E-state index in [4.69, 9.17) is 13.7 Å². The fourth-order valence-corrected chi connectivity index (χ4v) is 2.69. The molecule has 0 atom stereocenters. The highest BCUT2D eigenvalue weighted by Crippen LogP contribution is 2.12. The van der Waals surface area contributed by atoms with Crippen LogP contribution >= 0.6 is 0 Å². The smallest absolute Gasteiger partial charge is 0.306 e. The molecule has 0 amide bonds. The van der Waals surface area contributed by atoms with Gasteiger partial charge < -0.3 is 9.47 Å². The van der Waals surface area contributed by atoms with Crippen LogP contribution in [0, 0.1) is 30.6 Å². The number of hydrogen-bond acceptors (Lipinski definition) is 6. The molecule has 6 nitrogen and oxygen atoms in total. The minimum absolute atomic E-state index is 0.0887. The largest absolute Gasteiger partial charge is 0.460 e. The first kappa shape index (κ1) is 23.7. The molecule has 0 spiro atoms. The standard InChI is InChI=1S/C21H26O6S/c1-18-11-13-19(14-12-18)28(23,24)26-17-8-6-5-7-15-25-16-9-10-20(22)27-21(2,3)4/h11-14H,9-10,15-17H2,1-4H3. The SMILES string of the molecule is Cc1ccc(S(=O)(=O)OCC#CC#CCOCCCC(=O)OC(C)(C)C)cc1. The topological polar surface area (TPSA) is 78.9 Å². The molecule has 0 aliphatic heterocycles. The molecular formula is C21H26O6S. The van der Waals surface area contributed by atoms with Crippen LogP contribution in [0.15, 0.2) is 29.2 Å². The first-order valence-corrected chi connectivity index (χ1v) is 10.2. The van der Waals surface area contributed by atoms with Gasteiger partial charge in [-0.2, -0.15) is 8.42 Å². The number of ether oxygens (including phenoxy) is 2. The summed E-state index contributed by atoms with van der Waals surface area (Å²) < 4.78 is 39.1. The van der Waals surface area contributed by atoms with Crippen molar-refractivity contribution in [3.63, 3.8) is 0 Å². The quantitative estimate of drug-likeness (QED) is 0.286. The van der Waals surface area contributed by atoms with Gasteiger partial charge >= 0.3 is 5.97 Å². The zero-order chi connectivity index (χ0) is 21.0. The fourth-order valence-electron chi connectivity index (χ4n) is 1.87. The molecule has 0 N–H and O–H groups in total. The van der Waals surface area contributed by atoms with Crippen molar-refractivity contribution in [1.82, 2.24) is 0 Å². The summed E-state index contributed by atoms with van der Waals surface area (Å²) in [5, 5.41) is 0. The highest BCUT2D eigenvalue weighted by atomic mass is 32.2. The number of esters is 1. The van der Waals surface area contributed by atoms with Crippen molar-refractivity contribution in [3.05, 3.63) is 29.8 Å². The van der Waals surface area contributed by atoms with Gasteiger partial charge in [0.25, 0.3) is 10.1 Å². The normalized spacial score (nSPS) is 11.0. The Morgan fingerprint density at radius 2 is 1.64 bits per heavy atom. The molecule has 1 aromatic rings. The molecule has 0 saturated carbocycles. The second kappa shape index (κ2) is 11.5. The third kappa shape index (κ3) is 10.7. The van der Waals surface area contributed by atoms with Crippen molar-refractivity contribution in [2.75, 3.05) is 19.8 Å². The molecule has 0 fully saturated rings. The van der Waals surface area contributed by atoms with E-state index in [1.54, 1.807) is 12.1 Å². The molecule has 0 radical (unpaired) electrons. The molecule has 0 aliphatic rings. The van der Waals surface area contributed by atoms with Crippen molar-refractivity contribution in [2.45, 2.75) is 51.0 Å². The zero-order valence-corrected chi connectivity index (χ0v) is 17.5. The van der Waals surface area contributed by atoms with Crippen LogP contribution in [0.3, 0.4) is 0 Å². The Labute approximate surface area is 167 Å². The number of rotatable bonds is 8. The number of aryl methyl sites for hydroxylation is 1. The van der Waals surface area contributed by atoms with Crippen molar-refractivity contribution < 1.29 is 26.9 Å². The van der Waals surface area contributed by atoms with Gasteiger partial charge in [-0.15, -0.1) is 0 Å². The van der Waals surface area contributed by atoms with Crippen LogP contribution in [0.4, 0.5) is 0 Å². The van der Waals surface area contributed by atoms with Crippen molar-refractivity contribution >= 4 is 16.1 Å². The maximum atomic E-state index is 11.9. The van der Waals surface area contributed by atoms with Gasteiger partial charge in [0, 0.05) is 13.0 Å². The first-order valence-electron chi connectivity index (χ1n) is 8.81. The lowest BCUT2D eigenvalue weighted by atomic mass is 10.2. The summed E-state index contributed by atoms with van der Waals surface area (Å²) in [4.78, 5) is 11.6. The Morgan fingerprint density at radius 3 is 2.25 bits per heavy atom. The van der Waals surface area contributed by atoms with E-state index in [0.717, 1.165) is 5.56 Å². The van der Waals surface area contributed by atoms with Crippen LogP contribution in [-0.2, 0) is 28.6 Å². The predicted molar refractivity (Wildman–Crippen MR) is 106 cm³/mol. The summed E-state index contributed by atoms with van der Waals surface area (Å²) in [7, 11) is -3.82. The van der Waals surface area contributed by atoms with E-state index in [1.807, 2.05) is 27.7 Å². The average molecular weight is 407 g/mol. The molecule has 0 unspecified atom stereocenters. The van der Waals surface area contributed by atoms with Crippen molar-refractivity contribution in [3.8, 4) is 23.7 Å². The van der Waals surface area contributed by atoms with Crippen LogP contribution in [0.2, 0.25) is 0 Å². The van der Waals surface area contributed by atoms with Crippen molar-refractivity contribution in [2.24, 2.45) is 0 Å². The zero-order valence-electron chi connectivity index (χ0n) is 16.7. The summed E-state index contributed by atoms with van der Waals surface area (Å²) in [6.07, 6.45) is 0.838. The van der Waals surface area contributed by atoms with E-state index >= 15 is 0 Å². The van der Waals surface area contributed by atoms with E-state index in [2.05, 4.69) is 23.7 Å². The minimum atomic E-state index is -3.82. The molecule has 28 heavy (non-hydrogen) atoms. The lowest BCUT2D eigenvalue weighted by Gasteiger charge is -2.19. The summed E-state index contributed by atoms with van der Waals surface area (Å²) >= 11 is 0. The number of carbonyl (C=O) groups excluding carboxylic acids is 1. The Balaban J connectivity index is 2.21. The highest BCUT2D eigenvalue weighted by Gasteiger charge is 2.15. The molecular weight excluding hydrogens is 380 g/mol. The first-order chi connectivity index (χ1) is 13.1. The summed E-state index contributed by atoms with van der Waals surface area (Å²) in [5.41, 5.74) is 0.478. The second-order valence-electron chi connectivity index (χ2n) is 6.88. The van der Waals surface area contributed by atoms with E-state index < -0.39 is 15.7 Å². The van der Waals surface area contributed by atoms with Gasteiger partial charge in [0.2, 0.25) is 0 Å². The Morgan fingerprint density at radius 1 is 1.04 bits per heavy atom. The molecule has 1 rings (SSSR count). The van der Waals surface area contributed by atoms with Crippen LogP contribution in [0.5, 0.6) is 0 Å². The second-order valence-corrected chi connectivity index (χ2v) is 8.49. The van der Waals surface area contributed by atoms with E-state index in [0.29, 0.717) is 13.0 Å². The minimum Gasteiger partial charge on any atom is -0.460 e. The predicted octanol–water partition coefficient (Wildman–Crippen LogP) is 2.85. The highest BCUT2D eigenvalue weighted by molar-refractivity contribution is 7.86. The maximum absolute atomic E-state index is 11.9. The molecule has 0 saturated heterocycles. The van der Waals surface area contributed by atoms with E-state index in [-0.39, 0.29) is 30.5 Å². The van der Waals surface area contributed by atoms with Gasteiger partial charge in [-0.3, -0.25) is 8.98 Å². The van der Waals surface area contributed by atoms with E-state index in [1.165, 1.54) is 12.1 Å². The Hall–Kier alpha value is -2.32. The monoisotopic (exact) mass is 406 g/mol. The Bertz CT molecular complexity index is 856. The number of hydrogen-bond donors (Lipinski definition) is 0. The molecule has 7 heteroatoms. The van der Waals surface area contributed by atoms with Crippen LogP contribution in [0.25, 0.3) is 0 Å². The molecule has 0 aliphatic carbocycles. The van der Waals surface area contributed by atoms with Crippen LogP contribution in [0.1, 0.15) is 39.2 Å². The van der Waals surface area contributed by atoms with Gasteiger partial charge in [-0.1, -0.05) is 29.5 Å². The lowest BCUT2D eigenvalue weighted by Crippen LogP contribution is -2.23. The third-order valence-electron chi connectivity index (χ3n) is 3.10. The van der Waals surface area contributed by atoms with Gasteiger partial charge in [0.05, 0.1) is 4.90 Å². The molecule has 0 bridgehead atoms. The van der Waals surface area contributed by atoms with Crippen LogP contribution in [-0.4, -0.2) is 39.8 Å². The summed E-state index contributed by atoms with van der Waals surface area (Å²) in [6, 6.07) is 6.36. The average Bonchev–Trinajstić information content (AvgIpc) is 2.58.